The van der Waals surface area contributed by atoms with Crippen molar-refractivity contribution in [2.24, 2.45) is 5.73 Å². The van der Waals surface area contributed by atoms with Gasteiger partial charge in [-0.25, -0.2) is 0 Å². The Morgan fingerprint density at radius 1 is 1.14 bits per heavy atom. The number of hydrogen-bond donors (Lipinski definition) is 2. The van der Waals surface area contributed by atoms with Gasteiger partial charge in [0.15, 0.2) is 11.5 Å². The molecule has 0 radical (unpaired) electrons. The van der Waals surface area contributed by atoms with Crippen LogP contribution >= 0.6 is 0 Å². The molecule has 0 fully saturated rings. The highest BCUT2D eigenvalue weighted by Gasteiger charge is 2.16. The molecule has 1 rings (SSSR count). The summed E-state index contributed by atoms with van der Waals surface area (Å²) in [4.78, 5) is 10.6. The minimum Gasteiger partial charge on any atom is -0.480 e. The summed E-state index contributed by atoms with van der Waals surface area (Å²) in [7, 11) is 0. The number of ether oxygens (including phenoxy) is 2. The SMILES string of the molecule is NC(CCc1ccc(OC(F)F)c(OC(F)F)c1)C(=O)O. The highest BCUT2D eigenvalue weighted by atomic mass is 19.3. The van der Waals surface area contributed by atoms with E-state index in [2.05, 4.69) is 9.47 Å². The number of benzene rings is 1. The van der Waals surface area contributed by atoms with Crippen LogP contribution < -0.4 is 15.2 Å². The number of aryl methyl sites for hydroxylation is 1. The molecular weight excluding hydrogens is 298 g/mol. The Kier molecular flexibility index (Phi) is 6.22. The zero-order valence-electron chi connectivity index (χ0n) is 10.6. The maximum absolute atomic E-state index is 12.2. The molecule has 0 aliphatic rings. The van der Waals surface area contributed by atoms with Crippen LogP contribution in [0.3, 0.4) is 0 Å². The summed E-state index contributed by atoms with van der Waals surface area (Å²) in [5.41, 5.74) is 5.71. The quantitative estimate of drug-likeness (QED) is 0.720. The molecule has 9 heteroatoms. The van der Waals surface area contributed by atoms with Gasteiger partial charge in [0.25, 0.3) is 0 Å². The van der Waals surface area contributed by atoms with Crippen molar-refractivity contribution in [1.29, 1.82) is 0 Å². The van der Waals surface area contributed by atoms with Gasteiger partial charge >= 0.3 is 19.2 Å². The van der Waals surface area contributed by atoms with Crippen molar-refractivity contribution >= 4 is 5.97 Å². The third kappa shape index (κ3) is 5.86. The number of hydrogen-bond acceptors (Lipinski definition) is 4. The molecule has 1 atom stereocenters. The van der Waals surface area contributed by atoms with Crippen LogP contribution in [-0.2, 0) is 11.2 Å². The van der Waals surface area contributed by atoms with Crippen LogP contribution in [0.1, 0.15) is 12.0 Å². The lowest BCUT2D eigenvalue weighted by Gasteiger charge is -2.13. The van der Waals surface area contributed by atoms with E-state index in [1.54, 1.807) is 0 Å². The van der Waals surface area contributed by atoms with E-state index in [1.807, 2.05) is 0 Å². The van der Waals surface area contributed by atoms with Gasteiger partial charge in [-0.3, -0.25) is 4.79 Å². The average Bonchev–Trinajstić information content (AvgIpc) is 2.37. The smallest absolute Gasteiger partial charge is 0.387 e. The van der Waals surface area contributed by atoms with Gasteiger partial charge in [-0.2, -0.15) is 17.6 Å². The number of alkyl halides is 4. The molecular formula is C12H13F4NO4. The molecule has 0 saturated carbocycles. The van der Waals surface area contributed by atoms with Crippen LogP contribution in [0.15, 0.2) is 18.2 Å². The molecule has 21 heavy (non-hydrogen) atoms. The monoisotopic (exact) mass is 311 g/mol. The van der Waals surface area contributed by atoms with Crippen molar-refractivity contribution in [3.05, 3.63) is 23.8 Å². The molecule has 0 aliphatic carbocycles. The second-order valence-electron chi connectivity index (χ2n) is 4.02. The topological polar surface area (TPSA) is 81.8 Å². The lowest BCUT2D eigenvalue weighted by Crippen LogP contribution is -2.30. The fourth-order valence-electron chi connectivity index (χ4n) is 1.54. The molecule has 0 amide bonds. The molecule has 0 bridgehead atoms. The summed E-state index contributed by atoms with van der Waals surface area (Å²) in [5.74, 6) is -2.28. The lowest BCUT2D eigenvalue weighted by atomic mass is 10.1. The molecule has 0 heterocycles. The summed E-state index contributed by atoms with van der Waals surface area (Å²) in [6.45, 7) is -6.39. The van der Waals surface area contributed by atoms with E-state index in [0.717, 1.165) is 12.1 Å². The molecule has 118 valence electrons. The fraction of sp³-hybridized carbons (Fsp3) is 0.417. The minimum absolute atomic E-state index is 0.0541. The molecule has 5 nitrogen and oxygen atoms in total. The summed E-state index contributed by atoms with van der Waals surface area (Å²) in [6.07, 6.45) is 0.209. The number of rotatable bonds is 8. The minimum atomic E-state index is -3.21. The van der Waals surface area contributed by atoms with Crippen LogP contribution in [-0.4, -0.2) is 30.3 Å². The van der Waals surface area contributed by atoms with Gasteiger partial charge in [0.05, 0.1) is 0 Å². The zero-order valence-corrected chi connectivity index (χ0v) is 10.6. The number of carboxylic acid groups (broad SMARTS) is 1. The highest BCUT2D eigenvalue weighted by Crippen LogP contribution is 2.31. The summed E-state index contributed by atoms with van der Waals surface area (Å²) >= 11 is 0. The molecule has 1 aromatic carbocycles. The summed E-state index contributed by atoms with van der Waals surface area (Å²) in [6, 6.07) is 2.36. The first-order valence-corrected chi connectivity index (χ1v) is 5.80. The number of nitrogens with two attached hydrogens (primary N) is 1. The van der Waals surface area contributed by atoms with E-state index in [0.29, 0.717) is 5.56 Å². The van der Waals surface area contributed by atoms with Crippen molar-refractivity contribution in [1.82, 2.24) is 0 Å². The predicted octanol–water partition coefficient (Wildman–Crippen LogP) is 2.23. The first-order chi connectivity index (χ1) is 9.79. The van der Waals surface area contributed by atoms with Gasteiger partial charge in [0.1, 0.15) is 6.04 Å². The van der Waals surface area contributed by atoms with Gasteiger partial charge in [-0.15, -0.1) is 0 Å². The fourth-order valence-corrected chi connectivity index (χ4v) is 1.54. The van der Waals surface area contributed by atoms with Crippen LogP contribution in [0.4, 0.5) is 17.6 Å². The average molecular weight is 311 g/mol. The zero-order chi connectivity index (χ0) is 16.0. The highest BCUT2D eigenvalue weighted by molar-refractivity contribution is 5.73. The van der Waals surface area contributed by atoms with Crippen molar-refractivity contribution in [2.75, 3.05) is 0 Å². The van der Waals surface area contributed by atoms with E-state index >= 15 is 0 Å². The Morgan fingerprint density at radius 3 is 2.24 bits per heavy atom. The Bertz CT molecular complexity index is 484. The standard InChI is InChI=1S/C12H13F4NO4/c13-11(14)20-8-4-2-6(1-3-7(17)10(18)19)5-9(8)21-12(15)16/h2,4-5,7,11-12H,1,3,17H2,(H,18,19). The van der Waals surface area contributed by atoms with E-state index in [4.69, 9.17) is 10.8 Å². The van der Waals surface area contributed by atoms with Crippen LogP contribution in [0.25, 0.3) is 0 Å². The number of aliphatic carboxylic acids is 1. The normalized spacial score (nSPS) is 12.5. The number of carboxylic acids is 1. The van der Waals surface area contributed by atoms with E-state index in [1.165, 1.54) is 6.07 Å². The van der Waals surface area contributed by atoms with Crippen molar-refractivity contribution in [3.8, 4) is 11.5 Å². The summed E-state index contributed by atoms with van der Waals surface area (Å²) in [5, 5.41) is 8.62. The number of halogens is 4. The first kappa shape index (κ1) is 17.0. The third-order valence-electron chi connectivity index (χ3n) is 2.50. The van der Waals surface area contributed by atoms with Crippen LogP contribution in [0.2, 0.25) is 0 Å². The third-order valence-corrected chi connectivity index (χ3v) is 2.50. The molecule has 1 unspecified atom stereocenters. The van der Waals surface area contributed by atoms with E-state index in [9.17, 15) is 22.4 Å². The van der Waals surface area contributed by atoms with Crippen LogP contribution in [0.5, 0.6) is 11.5 Å². The Labute approximate surface area is 117 Å². The summed E-state index contributed by atoms with van der Waals surface area (Å²) < 4.78 is 56.9. The van der Waals surface area contributed by atoms with Gasteiger partial charge in [0.2, 0.25) is 0 Å². The Hall–Kier alpha value is -2.03. The molecule has 3 N–H and O–H groups in total. The Balaban J connectivity index is 2.85. The maximum Gasteiger partial charge on any atom is 0.387 e. The lowest BCUT2D eigenvalue weighted by molar-refractivity contribution is -0.138. The molecule has 1 aromatic rings. The molecule has 0 saturated heterocycles. The van der Waals surface area contributed by atoms with Crippen molar-refractivity contribution < 1.29 is 36.9 Å². The van der Waals surface area contributed by atoms with Gasteiger partial charge in [0, 0.05) is 0 Å². The van der Waals surface area contributed by atoms with Crippen molar-refractivity contribution in [3.63, 3.8) is 0 Å². The Morgan fingerprint density at radius 2 is 1.71 bits per heavy atom. The van der Waals surface area contributed by atoms with Gasteiger partial charge in [-0.1, -0.05) is 6.07 Å². The molecule has 0 spiro atoms. The molecule has 0 aliphatic heterocycles. The maximum atomic E-state index is 12.2. The second kappa shape index (κ2) is 7.67. The van der Waals surface area contributed by atoms with E-state index in [-0.39, 0.29) is 12.8 Å². The number of carbonyl (C=O) groups is 1. The van der Waals surface area contributed by atoms with Gasteiger partial charge in [-0.05, 0) is 30.5 Å². The first-order valence-electron chi connectivity index (χ1n) is 5.80. The van der Waals surface area contributed by atoms with Crippen LogP contribution in [0, 0.1) is 0 Å². The van der Waals surface area contributed by atoms with E-state index < -0.39 is 36.7 Å². The second-order valence-corrected chi connectivity index (χ2v) is 4.02. The van der Waals surface area contributed by atoms with Gasteiger partial charge < -0.3 is 20.3 Å². The molecule has 0 aromatic heterocycles. The largest absolute Gasteiger partial charge is 0.480 e. The predicted molar refractivity (Wildman–Crippen MR) is 63.6 cm³/mol. The van der Waals surface area contributed by atoms with Crippen molar-refractivity contribution in [2.45, 2.75) is 32.1 Å².